The van der Waals surface area contributed by atoms with Crippen molar-refractivity contribution in [3.8, 4) is 0 Å². The first-order valence-electron chi connectivity index (χ1n) is 2.35. The Labute approximate surface area is 59.3 Å². The molecule has 40 valence electrons. The molecule has 0 saturated heterocycles. The number of halogens is 1. The molecule has 0 aromatic heterocycles. The second-order valence-corrected chi connectivity index (χ2v) is 3.42. The van der Waals surface area contributed by atoms with Crippen molar-refractivity contribution in [2.24, 2.45) is 0 Å². The molecule has 1 rings (SSSR count). The van der Waals surface area contributed by atoms with Crippen LogP contribution < -0.4 is 5.19 Å². The third-order valence-corrected chi connectivity index (χ3v) is 2.81. The summed E-state index contributed by atoms with van der Waals surface area (Å²) in [4.78, 5) is 0. The largest absolute Gasteiger partial charge is 0.175 e. The minimum atomic E-state index is 0.743. The van der Waals surface area contributed by atoms with E-state index in [1.54, 1.807) is 0 Å². The van der Waals surface area contributed by atoms with Gasteiger partial charge in [-0.1, -0.05) is 30.3 Å². The second kappa shape index (κ2) is 3.05. The summed E-state index contributed by atoms with van der Waals surface area (Å²) in [5.74, 6) is 0. The molecule has 0 aliphatic heterocycles. The van der Waals surface area contributed by atoms with Crippen LogP contribution in [0.5, 0.6) is 0 Å². The molecule has 0 aliphatic carbocycles. The van der Waals surface area contributed by atoms with Crippen LogP contribution in [0.2, 0.25) is 0 Å². The van der Waals surface area contributed by atoms with E-state index in [9.17, 15) is 0 Å². The summed E-state index contributed by atoms with van der Waals surface area (Å²) in [7, 11) is 0.743. The zero-order valence-electron chi connectivity index (χ0n) is 4.26. The maximum atomic E-state index is 3.39. The Bertz CT molecular complexity index is 150. The minimum absolute atomic E-state index is 0.743. The molecule has 8 heavy (non-hydrogen) atoms. The van der Waals surface area contributed by atoms with Crippen LogP contribution in [0.4, 0.5) is 0 Å². The zero-order valence-corrected chi connectivity index (χ0v) is 6.85. The molecule has 0 fully saturated rings. The molecule has 0 heterocycles. The Kier molecular flexibility index (Phi) is 2.30. The number of rotatable bonds is 1. The molecule has 1 aromatic carbocycles. The van der Waals surface area contributed by atoms with Crippen molar-refractivity contribution in [2.45, 2.75) is 0 Å². The standard InChI is InChI=1S/C6H5BrSi/c7-8-6-4-2-1-3-5-6/h1-5H. The Morgan fingerprint density at radius 3 is 2.12 bits per heavy atom. The van der Waals surface area contributed by atoms with Crippen LogP contribution in [0, 0.1) is 0 Å². The zero-order chi connectivity index (χ0) is 5.82. The number of hydrogen-bond acceptors (Lipinski definition) is 0. The van der Waals surface area contributed by atoms with Crippen LogP contribution in [0.25, 0.3) is 0 Å². The van der Waals surface area contributed by atoms with Gasteiger partial charge in [-0.15, -0.1) is 15.3 Å². The van der Waals surface area contributed by atoms with Crippen molar-refractivity contribution < 1.29 is 0 Å². The Morgan fingerprint density at radius 2 is 1.75 bits per heavy atom. The monoisotopic (exact) mass is 184 g/mol. The SMILES string of the molecule is Br[Si]c1ccccc1. The Balaban J connectivity index is 2.83. The van der Waals surface area contributed by atoms with Gasteiger partial charge in [0.05, 0.1) is 0 Å². The minimum Gasteiger partial charge on any atom is -0.125 e. The van der Waals surface area contributed by atoms with E-state index in [4.69, 9.17) is 0 Å². The summed E-state index contributed by atoms with van der Waals surface area (Å²) < 4.78 is 0. The van der Waals surface area contributed by atoms with Gasteiger partial charge in [0.1, 0.15) is 0 Å². The molecule has 0 spiro atoms. The molecule has 0 aliphatic rings. The lowest BCUT2D eigenvalue weighted by atomic mass is 10.4. The van der Waals surface area contributed by atoms with Crippen molar-refractivity contribution in [2.75, 3.05) is 0 Å². The fourth-order valence-electron chi connectivity index (χ4n) is 0.501. The predicted molar refractivity (Wildman–Crippen MR) is 40.8 cm³/mol. The molecule has 0 unspecified atom stereocenters. The third kappa shape index (κ3) is 1.45. The highest BCUT2D eigenvalue weighted by Crippen LogP contribution is 1.82. The highest BCUT2D eigenvalue weighted by atomic mass is 79.9. The van der Waals surface area contributed by atoms with Crippen molar-refractivity contribution in [1.82, 2.24) is 0 Å². The molecule has 2 heteroatoms. The van der Waals surface area contributed by atoms with E-state index in [-0.39, 0.29) is 0 Å². The predicted octanol–water partition coefficient (Wildman–Crippen LogP) is 1.33. The smallest absolute Gasteiger partial charge is 0.125 e. The second-order valence-electron chi connectivity index (χ2n) is 1.46. The van der Waals surface area contributed by atoms with E-state index in [1.165, 1.54) is 5.19 Å². The molecule has 0 amide bonds. The Morgan fingerprint density at radius 1 is 1.12 bits per heavy atom. The van der Waals surface area contributed by atoms with Crippen LogP contribution in [-0.4, -0.2) is 8.14 Å². The highest BCUT2D eigenvalue weighted by Gasteiger charge is 1.83. The van der Waals surface area contributed by atoms with Gasteiger partial charge in [0, 0.05) is 0 Å². The van der Waals surface area contributed by atoms with E-state index >= 15 is 0 Å². The van der Waals surface area contributed by atoms with Gasteiger partial charge >= 0.3 is 0 Å². The lowest BCUT2D eigenvalue weighted by molar-refractivity contribution is 1.77. The topological polar surface area (TPSA) is 0 Å². The highest BCUT2D eigenvalue weighted by molar-refractivity contribution is 9.23. The molecule has 0 bridgehead atoms. The first-order chi connectivity index (χ1) is 3.93. The molecule has 0 atom stereocenters. The fourth-order valence-corrected chi connectivity index (χ4v) is 1.61. The molecule has 1 aromatic rings. The van der Waals surface area contributed by atoms with Crippen LogP contribution in [0.1, 0.15) is 0 Å². The van der Waals surface area contributed by atoms with E-state index in [1.807, 2.05) is 18.2 Å². The van der Waals surface area contributed by atoms with E-state index in [0.717, 1.165) is 8.14 Å². The van der Waals surface area contributed by atoms with Crippen LogP contribution in [0.3, 0.4) is 0 Å². The molecule has 0 N–H and O–H groups in total. The van der Waals surface area contributed by atoms with Gasteiger partial charge in [0.15, 0.2) is 8.14 Å². The van der Waals surface area contributed by atoms with Crippen molar-refractivity contribution >= 4 is 28.6 Å². The van der Waals surface area contributed by atoms with Gasteiger partial charge in [-0.05, 0) is 5.19 Å². The van der Waals surface area contributed by atoms with Crippen LogP contribution in [0.15, 0.2) is 30.3 Å². The van der Waals surface area contributed by atoms with Gasteiger partial charge in [-0.3, -0.25) is 0 Å². The summed E-state index contributed by atoms with van der Waals surface area (Å²) in [5.41, 5.74) is 0. The lowest BCUT2D eigenvalue weighted by Crippen LogP contribution is -2.05. The first-order valence-corrected chi connectivity index (χ1v) is 5.61. The fraction of sp³-hybridized carbons (Fsp3) is 0. The maximum Gasteiger partial charge on any atom is 0.175 e. The molecule has 0 nitrogen and oxygen atoms in total. The van der Waals surface area contributed by atoms with Crippen molar-refractivity contribution in [3.63, 3.8) is 0 Å². The number of benzene rings is 1. The van der Waals surface area contributed by atoms with Crippen LogP contribution >= 0.6 is 15.3 Å². The van der Waals surface area contributed by atoms with Gasteiger partial charge < -0.3 is 0 Å². The van der Waals surface area contributed by atoms with Crippen molar-refractivity contribution in [1.29, 1.82) is 0 Å². The average molecular weight is 185 g/mol. The summed E-state index contributed by atoms with van der Waals surface area (Å²) in [5, 5.41) is 1.35. The quantitative estimate of drug-likeness (QED) is 0.457. The van der Waals surface area contributed by atoms with Crippen molar-refractivity contribution in [3.05, 3.63) is 30.3 Å². The van der Waals surface area contributed by atoms with Gasteiger partial charge in [0.2, 0.25) is 0 Å². The lowest BCUT2D eigenvalue weighted by Gasteiger charge is -1.86. The van der Waals surface area contributed by atoms with Gasteiger partial charge in [-0.25, -0.2) is 0 Å². The molecular weight excluding hydrogens is 180 g/mol. The number of hydrogen-bond donors (Lipinski definition) is 0. The van der Waals surface area contributed by atoms with Gasteiger partial charge in [-0.2, -0.15) is 0 Å². The molecular formula is C6H5BrSi. The average Bonchev–Trinajstić information content (AvgIpc) is 1.90. The first kappa shape index (κ1) is 6.04. The summed E-state index contributed by atoms with van der Waals surface area (Å²) in [6.45, 7) is 0. The van der Waals surface area contributed by atoms with Gasteiger partial charge in [0.25, 0.3) is 0 Å². The van der Waals surface area contributed by atoms with E-state index < -0.39 is 0 Å². The van der Waals surface area contributed by atoms with Crippen LogP contribution in [-0.2, 0) is 0 Å². The maximum absolute atomic E-state index is 3.39. The summed E-state index contributed by atoms with van der Waals surface area (Å²) in [6.07, 6.45) is 0. The summed E-state index contributed by atoms with van der Waals surface area (Å²) >= 11 is 3.39. The van der Waals surface area contributed by atoms with E-state index in [0.29, 0.717) is 0 Å². The normalized spacial score (nSPS) is 9.12. The van der Waals surface area contributed by atoms with E-state index in [2.05, 4.69) is 27.4 Å². The molecule has 0 saturated carbocycles. The third-order valence-electron chi connectivity index (χ3n) is 0.883. The Hall–Kier alpha value is -0.0831. The summed E-state index contributed by atoms with van der Waals surface area (Å²) in [6, 6.07) is 10.3. The molecule has 2 radical (unpaired) electrons.